The monoisotopic (exact) mass is 370 g/mol. The molecule has 3 N–H and O–H groups in total. The lowest BCUT2D eigenvalue weighted by molar-refractivity contribution is -0.114. The Bertz CT molecular complexity index is 817. The van der Waals surface area contributed by atoms with Crippen LogP contribution in [0.3, 0.4) is 0 Å². The van der Waals surface area contributed by atoms with E-state index in [4.69, 9.17) is 12.2 Å². The van der Waals surface area contributed by atoms with Crippen LogP contribution in [0.2, 0.25) is 0 Å². The minimum absolute atomic E-state index is 0.121. The molecule has 0 heterocycles. The summed E-state index contributed by atoms with van der Waals surface area (Å²) in [6.07, 6.45) is 1.60. The molecule has 7 nitrogen and oxygen atoms in total. The molecule has 0 saturated carbocycles. The molecular weight excluding hydrogens is 352 g/mol. The van der Waals surface area contributed by atoms with Crippen molar-refractivity contribution in [2.45, 2.75) is 6.92 Å². The Hall–Kier alpha value is -3.26. The molecule has 0 fully saturated rings. The summed E-state index contributed by atoms with van der Waals surface area (Å²) in [4.78, 5) is 22.3. The van der Waals surface area contributed by atoms with E-state index >= 15 is 0 Å². The first kappa shape index (κ1) is 19.1. The van der Waals surface area contributed by atoms with Gasteiger partial charge in [-0.2, -0.15) is 5.10 Å². The van der Waals surface area contributed by atoms with E-state index in [1.54, 1.807) is 42.6 Å². The second-order valence-corrected chi connectivity index (χ2v) is 5.60. The number of hydrogen-bond acceptors (Lipinski definition) is 5. The topological polar surface area (TPSA) is 91.8 Å². The Balaban J connectivity index is 1.85. The molecule has 1 amide bonds. The largest absolute Gasteiger partial charge is 0.465 e. The zero-order valence-corrected chi connectivity index (χ0v) is 15.1. The lowest BCUT2D eigenvalue weighted by Gasteiger charge is -2.07. The fourth-order valence-electron chi connectivity index (χ4n) is 1.99. The summed E-state index contributed by atoms with van der Waals surface area (Å²) in [6.45, 7) is 1.45. The zero-order chi connectivity index (χ0) is 18.9. The van der Waals surface area contributed by atoms with Gasteiger partial charge >= 0.3 is 5.97 Å². The Morgan fingerprint density at radius 2 is 1.58 bits per heavy atom. The molecule has 0 atom stereocenters. The van der Waals surface area contributed by atoms with E-state index in [2.05, 4.69) is 25.9 Å². The number of nitrogens with one attached hydrogen (secondary N) is 3. The normalized spacial score (nSPS) is 10.2. The minimum atomic E-state index is -0.397. The molecule has 0 aliphatic heterocycles. The van der Waals surface area contributed by atoms with Crippen LogP contribution in [0.1, 0.15) is 22.8 Å². The zero-order valence-electron chi connectivity index (χ0n) is 14.3. The maximum absolute atomic E-state index is 11.4. The third kappa shape index (κ3) is 5.99. The third-order valence-electron chi connectivity index (χ3n) is 3.17. The summed E-state index contributed by atoms with van der Waals surface area (Å²) in [6, 6.07) is 13.9. The number of hydrazone groups is 1. The fraction of sp³-hybridized carbons (Fsp3) is 0.111. The maximum atomic E-state index is 11.4. The second-order valence-electron chi connectivity index (χ2n) is 5.20. The van der Waals surface area contributed by atoms with Crippen molar-refractivity contribution in [3.05, 3.63) is 59.7 Å². The van der Waals surface area contributed by atoms with Gasteiger partial charge in [0.2, 0.25) is 5.91 Å². The number of methoxy groups -OCH3 is 1. The Morgan fingerprint density at radius 3 is 2.15 bits per heavy atom. The van der Waals surface area contributed by atoms with E-state index in [0.717, 1.165) is 11.3 Å². The molecule has 134 valence electrons. The number of esters is 1. The summed E-state index contributed by atoms with van der Waals surface area (Å²) in [5.74, 6) is -0.518. The van der Waals surface area contributed by atoms with E-state index in [1.807, 2.05) is 12.1 Å². The van der Waals surface area contributed by atoms with Crippen molar-refractivity contribution in [2.24, 2.45) is 5.10 Å². The molecule has 0 unspecified atom stereocenters. The molecule has 2 rings (SSSR count). The van der Waals surface area contributed by atoms with Crippen molar-refractivity contribution in [1.29, 1.82) is 0 Å². The molecular formula is C18H18N4O3S. The van der Waals surface area contributed by atoms with Crippen LogP contribution in [0.5, 0.6) is 0 Å². The SMILES string of the molecule is COC(=O)c1ccc(NC(=S)NN=Cc2ccc(NC(C)=O)cc2)cc1. The van der Waals surface area contributed by atoms with Crippen LogP contribution in [0, 0.1) is 0 Å². The molecule has 0 aliphatic carbocycles. The van der Waals surface area contributed by atoms with Crippen molar-refractivity contribution in [3.63, 3.8) is 0 Å². The van der Waals surface area contributed by atoms with E-state index in [9.17, 15) is 9.59 Å². The number of ether oxygens (including phenoxy) is 1. The summed E-state index contributed by atoms with van der Waals surface area (Å²) >= 11 is 5.15. The number of anilines is 2. The van der Waals surface area contributed by atoms with Gasteiger partial charge in [0.15, 0.2) is 5.11 Å². The van der Waals surface area contributed by atoms with E-state index in [0.29, 0.717) is 16.4 Å². The van der Waals surface area contributed by atoms with Crippen LogP contribution in [0.15, 0.2) is 53.6 Å². The van der Waals surface area contributed by atoms with Gasteiger partial charge in [-0.1, -0.05) is 12.1 Å². The second kappa shape index (κ2) is 9.28. The lowest BCUT2D eigenvalue weighted by atomic mass is 10.2. The van der Waals surface area contributed by atoms with Crippen molar-refractivity contribution in [1.82, 2.24) is 5.43 Å². The first-order valence-corrected chi connectivity index (χ1v) is 8.05. The van der Waals surface area contributed by atoms with Crippen LogP contribution in [-0.2, 0) is 9.53 Å². The third-order valence-corrected chi connectivity index (χ3v) is 3.37. The molecule has 0 aromatic heterocycles. The average molecular weight is 370 g/mol. The Morgan fingerprint density at radius 1 is 1.00 bits per heavy atom. The molecule has 8 heteroatoms. The Labute approximate surface area is 156 Å². The van der Waals surface area contributed by atoms with Crippen molar-refractivity contribution in [2.75, 3.05) is 17.7 Å². The molecule has 0 spiro atoms. The fourth-order valence-corrected chi connectivity index (χ4v) is 2.16. The lowest BCUT2D eigenvalue weighted by Crippen LogP contribution is -2.23. The van der Waals surface area contributed by atoms with Crippen molar-refractivity contribution < 1.29 is 14.3 Å². The van der Waals surface area contributed by atoms with Gasteiger partial charge in [0.05, 0.1) is 18.9 Å². The highest BCUT2D eigenvalue weighted by Crippen LogP contribution is 2.10. The first-order chi connectivity index (χ1) is 12.5. The number of thiocarbonyl (C=S) groups is 1. The summed E-state index contributed by atoms with van der Waals surface area (Å²) in [5, 5.41) is 9.99. The van der Waals surface area contributed by atoms with Gasteiger partial charge in [-0.05, 0) is 54.2 Å². The number of nitrogens with zero attached hydrogens (tertiary/aromatic N) is 1. The predicted molar refractivity (Wildman–Crippen MR) is 105 cm³/mol. The predicted octanol–water partition coefficient (Wildman–Crippen LogP) is 2.75. The molecule has 2 aromatic carbocycles. The van der Waals surface area contributed by atoms with E-state index < -0.39 is 5.97 Å². The highest BCUT2D eigenvalue weighted by Gasteiger charge is 2.04. The number of amides is 1. The number of hydrogen-bond donors (Lipinski definition) is 3. The van der Waals surface area contributed by atoms with Gasteiger partial charge in [-0.3, -0.25) is 10.2 Å². The summed E-state index contributed by atoms with van der Waals surface area (Å²) in [7, 11) is 1.33. The van der Waals surface area contributed by atoms with Gasteiger partial charge in [0, 0.05) is 18.3 Å². The molecule has 0 aliphatic rings. The number of carbonyl (C=O) groups excluding carboxylic acids is 2. The summed E-state index contributed by atoms with van der Waals surface area (Å²) in [5.41, 5.74) is 5.43. The van der Waals surface area contributed by atoms with Crippen LogP contribution >= 0.6 is 12.2 Å². The van der Waals surface area contributed by atoms with Crippen molar-refractivity contribution in [3.8, 4) is 0 Å². The quantitative estimate of drug-likeness (QED) is 0.324. The van der Waals surface area contributed by atoms with Gasteiger partial charge < -0.3 is 15.4 Å². The number of rotatable bonds is 5. The van der Waals surface area contributed by atoms with Crippen LogP contribution in [0.25, 0.3) is 0 Å². The minimum Gasteiger partial charge on any atom is -0.465 e. The van der Waals surface area contributed by atoms with Gasteiger partial charge in [0.1, 0.15) is 0 Å². The highest BCUT2D eigenvalue weighted by atomic mass is 32.1. The standard InChI is InChI=1S/C18H18N4O3S/c1-12(23)20-15-7-3-13(4-8-15)11-19-22-18(26)21-16-9-5-14(6-10-16)17(24)25-2/h3-11H,1-2H3,(H,20,23)(H2,21,22,26). The van der Waals surface area contributed by atoms with Crippen LogP contribution in [-0.4, -0.2) is 30.3 Å². The van der Waals surface area contributed by atoms with Crippen molar-refractivity contribution >= 4 is 46.8 Å². The van der Waals surface area contributed by atoms with Crippen LogP contribution < -0.4 is 16.1 Å². The van der Waals surface area contributed by atoms with E-state index in [1.165, 1.54) is 14.0 Å². The highest BCUT2D eigenvalue weighted by molar-refractivity contribution is 7.80. The number of benzene rings is 2. The molecule has 26 heavy (non-hydrogen) atoms. The maximum Gasteiger partial charge on any atom is 0.337 e. The van der Waals surface area contributed by atoms with Gasteiger partial charge in [-0.25, -0.2) is 4.79 Å². The first-order valence-electron chi connectivity index (χ1n) is 7.64. The average Bonchev–Trinajstić information content (AvgIpc) is 2.62. The van der Waals surface area contributed by atoms with Gasteiger partial charge in [0.25, 0.3) is 0 Å². The molecule has 0 bridgehead atoms. The summed E-state index contributed by atoms with van der Waals surface area (Å²) < 4.78 is 4.64. The molecule has 0 radical (unpaired) electrons. The van der Waals surface area contributed by atoms with Gasteiger partial charge in [-0.15, -0.1) is 0 Å². The molecule has 2 aromatic rings. The number of carbonyl (C=O) groups is 2. The Kier molecular flexibility index (Phi) is 6.81. The smallest absolute Gasteiger partial charge is 0.337 e. The van der Waals surface area contributed by atoms with Crippen LogP contribution in [0.4, 0.5) is 11.4 Å². The van der Waals surface area contributed by atoms with E-state index in [-0.39, 0.29) is 5.91 Å². The molecule has 0 saturated heterocycles.